The monoisotopic (exact) mass is 226 g/mol. The molecule has 0 spiro atoms. The van der Waals surface area contributed by atoms with Gasteiger partial charge in [-0.25, -0.2) is 4.68 Å². The van der Waals surface area contributed by atoms with Crippen molar-refractivity contribution in [2.75, 3.05) is 0 Å². The highest BCUT2D eigenvalue weighted by molar-refractivity contribution is 5.92. The van der Waals surface area contributed by atoms with Crippen molar-refractivity contribution in [1.82, 2.24) is 14.8 Å². The van der Waals surface area contributed by atoms with Crippen LogP contribution in [0.15, 0.2) is 30.6 Å². The van der Waals surface area contributed by atoms with Crippen LogP contribution in [0.5, 0.6) is 0 Å². The topological polar surface area (TPSA) is 73.8 Å². The molecule has 0 saturated carbocycles. The second-order valence-corrected chi connectivity index (χ2v) is 3.38. The molecule has 0 radical (unpaired) electrons. The summed E-state index contributed by atoms with van der Waals surface area (Å²) in [7, 11) is 0. The maximum absolute atomic E-state index is 11.2. The van der Waals surface area contributed by atoms with Crippen molar-refractivity contribution < 1.29 is 4.79 Å². The molecule has 2 aromatic heterocycles. The van der Waals surface area contributed by atoms with Gasteiger partial charge in [-0.15, -0.1) is 6.42 Å². The van der Waals surface area contributed by atoms with Crippen LogP contribution in [0, 0.1) is 12.3 Å². The van der Waals surface area contributed by atoms with Gasteiger partial charge in [-0.1, -0.05) is 5.92 Å². The number of carbonyl (C=O) groups excluding carboxylic acids is 1. The van der Waals surface area contributed by atoms with Gasteiger partial charge in [0, 0.05) is 18.0 Å². The second kappa shape index (κ2) is 4.49. The standard InChI is InChI=1S/C12H10N4O/c1-2-7-16-11(12(13)17)8-10(15-16)9-3-5-14-6-4-9/h1,3-6,8H,7H2,(H2,13,17). The summed E-state index contributed by atoms with van der Waals surface area (Å²) >= 11 is 0. The van der Waals surface area contributed by atoms with Gasteiger partial charge < -0.3 is 5.73 Å². The van der Waals surface area contributed by atoms with Crippen LogP contribution >= 0.6 is 0 Å². The number of pyridine rings is 1. The lowest BCUT2D eigenvalue weighted by atomic mass is 10.2. The van der Waals surface area contributed by atoms with E-state index in [0.29, 0.717) is 11.4 Å². The van der Waals surface area contributed by atoms with E-state index in [1.54, 1.807) is 30.6 Å². The fourth-order valence-corrected chi connectivity index (χ4v) is 1.49. The number of carbonyl (C=O) groups is 1. The summed E-state index contributed by atoms with van der Waals surface area (Å²) in [5, 5.41) is 4.24. The average Bonchev–Trinajstić information content (AvgIpc) is 2.75. The van der Waals surface area contributed by atoms with Crippen molar-refractivity contribution in [2.45, 2.75) is 6.54 Å². The number of primary amides is 1. The van der Waals surface area contributed by atoms with E-state index >= 15 is 0 Å². The van der Waals surface area contributed by atoms with E-state index in [1.165, 1.54) is 4.68 Å². The molecule has 0 aliphatic carbocycles. The third-order valence-corrected chi connectivity index (χ3v) is 2.25. The molecule has 0 bridgehead atoms. The zero-order valence-corrected chi connectivity index (χ0v) is 9.00. The summed E-state index contributed by atoms with van der Waals surface area (Å²) in [5.74, 6) is 1.88. The highest BCUT2D eigenvalue weighted by Crippen LogP contribution is 2.17. The predicted octanol–water partition coefficient (Wildman–Crippen LogP) is 0.677. The van der Waals surface area contributed by atoms with Crippen LogP contribution in [0.3, 0.4) is 0 Å². The quantitative estimate of drug-likeness (QED) is 0.782. The van der Waals surface area contributed by atoms with Gasteiger partial charge in [0.05, 0.1) is 5.69 Å². The van der Waals surface area contributed by atoms with Crippen LogP contribution in [0.25, 0.3) is 11.3 Å². The zero-order chi connectivity index (χ0) is 12.3. The van der Waals surface area contributed by atoms with E-state index in [-0.39, 0.29) is 6.54 Å². The molecule has 0 unspecified atom stereocenters. The van der Waals surface area contributed by atoms with Gasteiger partial charge in [0.2, 0.25) is 0 Å². The van der Waals surface area contributed by atoms with Gasteiger partial charge in [0.15, 0.2) is 0 Å². The van der Waals surface area contributed by atoms with Crippen molar-refractivity contribution in [3.8, 4) is 23.6 Å². The molecule has 84 valence electrons. The van der Waals surface area contributed by atoms with Crippen molar-refractivity contribution in [3.05, 3.63) is 36.3 Å². The van der Waals surface area contributed by atoms with Crippen LogP contribution in [-0.2, 0) is 6.54 Å². The van der Waals surface area contributed by atoms with Gasteiger partial charge in [-0.05, 0) is 18.2 Å². The molecule has 0 aromatic carbocycles. The first-order chi connectivity index (χ1) is 8.22. The number of nitrogens with zero attached hydrogens (tertiary/aromatic N) is 3. The van der Waals surface area contributed by atoms with E-state index in [9.17, 15) is 4.79 Å². The normalized spacial score (nSPS) is 9.82. The van der Waals surface area contributed by atoms with Crippen molar-refractivity contribution >= 4 is 5.91 Å². The van der Waals surface area contributed by atoms with Crippen LogP contribution in [0.2, 0.25) is 0 Å². The van der Waals surface area contributed by atoms with Crippen LogP contribution in [-0.4, -0.2) is 20.7 Å². The molecule has 1 amide bonds. The SMILES string of the molecule is C#CCn1nc(-c2ccncc2)cc1C(N)=O. The Bertz CT molecular complexity index is 580. The first-order valence-corrected chi connectivity index (χ1v) is 4.94. The number of hydrogen-bond acceptors (Lipinski definition) is 3. The van der Waals surface area contributed by atoms with E-state index in [2.05, 4.69) is 16.0 Å². The number of hydrogen-bond donors (Lipinski definition) is 1. The fourth-order valence-electron chi connectivity index (χ4n) is 1.49. The van der Waals surface area contributed by atoms with Gasteiger partial charge in [0.1, 0.15) is 12.2 Å². The third-order valence-electron chi connectivity index (χ3n) is 2.25. The van der Waals surface area contributed by atoms with Gasteiger partial charge in [-0.2, -0.15) is 5.10 Å². The Kier molecular flexibility index (Phi) is 2.88. The lowest BCUT2D eigenvalue weighted by molar-refractivity contribution is 0.0991. The van der Waals surface area contributed by atoms with E-state index in [4.69, 9.17) is 12.2 Å². The summed E-state index contributed by atoms with van der Waals surface area (Å²) in [6.45, 7) is 0.212. The summed E-state index contributed by atoms with van der Waals surface area (Å²) in [5.41, 5.74) is 7.07. The molecule has 0 atom stereocenters. The highest BCUT2D eigenvalue weighted by Gasteiger charge is 2.12. The van der Waals surface area contributed by atoms with Gasteiger partial charge >= 0.3 is 0 Å². The molecule has 5 nitrogen and oxygen atoms in total. The summed E-state index contributed by atoms with van der Waals surface area (Å²) in [6, 6.07) is 5.22. The lowest BCUT2D eigenvalue weighted by Crippen LogP contribution is -2.17. The van der Waals surface area contributed by atoms with Gasteiger partial charge in [0.25, 0.3) is 5.91 Å². The molecule has 0 aliphatic rings. The molecular formula is C12H10N4O. The van der Waals surface area contributed by atoms with Crippen LogP contribution in [0.4, 0.5) is 0 Å². The smallest absolute Gasteiger partial charge is 0.267 e. The average molecular weight is 226 g/mol. The predicted molar refractivity (Wildman–Crippen MR) is 62.8 cm³/mol. The molecular weight excluding hydrogens is 216 g/mol. The number of aromatic nitrogens is 3. The Morgan fingerprint density at radius 2 is 2.18 bits per heavy atom. The zero-order valence-electron chi connectivity index (χ0n) is 9.00. The molecule has 0 aliphatic heterocycles. The molecule has 2 N–H and O–H groups in total. The van der Waals surface area contributed by atoms with Crippen LogP contribution in [0.1, 0.15) is 10.5 Å². The first-order valence-electron chi connectivity index (χ1n) is 4.94. The molecule has 0 saturated heterocycles. The highest BCUT2D eigenvalue weighted by atomic mass is 16.1. The minimum Gasteiger partial charge on any atom is -0.364 e. The van der Waals surface area contributed by atoms with Crippen molar-refractivity contribution in [3.63, 3.8) is 0 Å². The third kappa shape index (κ3) is 2.16. The summed E-state index contributed by atoms with van der Waals surface area (Å²) < 4.78 is 1.41. The van der Waals surface area contributed by atoms with Gasteiger partial charge in [-0.3, -0.25) is 9.78 Å². The molecule has 2 aromatic rings. The molecule has 17 heavy (non-hydrogen) atoms. The lowest BCUT2D eigenvalue weighted by Gasteiger charge is -1.98. The Hall–Kier alpha value is -2.61. The maximum Gasteiger partial charge on any atom is 0.267 e. The van der Waals surface area contributed by atoms with E-state index in [0.717, 1.165) is 5.56 Å². The Labute approximate surface area is 98.3 Å². The van der Waals surface area contributed by atoms with E-state index in [1.807, 2.05) is 0 Å². The molecule has 0 fully saturated rings. The summed E-state index contributed by atoms with van der Waals surface area (Å²) in [6.07, 6.45) is 8.51. The fraction of sp³-hybridized carbons (Fsp3) is 0.0833. The van der Waals surface area contributed by atoms with Crippen LogP contribution < -0.4 is 5.73 Å². The van der Waals surface area contributed by atoms with Crippen molar-refractivity contribution in [2.24, 2.45) is 5.73 Å². The first kappa shape index (κ1) is 10.9. The molecule has 2 heterocycles. The number of amides is 1. The summed E-state index contributed by atoms with van der Waals surface area (Å²) in [4.78, 5) is 15.1. The maximum atomic E-state index is 11.2. The second-order valence-electron chi connectivity index (χ2n) is 3.38. The number of terminal acetylenes is 1. The Morgan fingerprint density at radius 3 is 2.76 bits per heavy atom. The molecule has 2 rings (SSSR count). The number of rotatable bonds is 3. The Balaban J connectivity index is 2.48. The van der Waals surface area contributed by atoms with E-state index < -0.39 is 5.91 Å². The van der Waals surface area contributed by atoms with Crippen molar-refractivity contribution in [1.29, 1.82) is 0 Å². The minimum absolute atomic E-state index is 0.212. The molecule has 5 heteroatoms. The largest absolute Gasteiger partial charge is 0.364 e. The number of nitrogens with two attached hydrogens (primary N) is 1. The minimum atomic E-state index is -0.548. The Morgan fingerprint density at radius 1 is 1.47 bits per heavy atom.